The summed E-state index contributed by atoms with van der Waals surface area (Å²) in [5.41, 5.74) is -3.10. The zero-order valence-corrected chi connectivity index (χ0v) is 20.0. The van der Waals surface area contributed by atoms with E-state index in [-0.39, 0.29) is 25.5 Å². The molecule has 2 rings (SSSR count). The third-order valence-corrected chi connectivity index (χ3v) is 4.27. The van der Waals surface area contributed by atoms with Crippen LogP contribution < -0.4 is 0 Å². The summed E-state index contributed by atoms with van der Waals surface area (Å²) < 4.78 is 90.2. The lowest BCUT2D eigenvalue weighted by Crippen LogP contribution is -2.29. The molecule has 0 atom stereocenters. The molecule has 2 aromatic rings. The van der Waals surface area contributed by atoms with Gasteiger partial charge in [0.1, 0.15) is 0 Å². The normalized spacial score (nSPS) is 11.3. The summed E-state index contributed by atoms with van der Waals surface area (Å²) >= 11 is 0. The smallest absolute Gasteiger partial charge is 0.418 e. The Bertz CT molecular complexity index is 1040. The third-order valence-electron chi connectivity index (χ3n) is 4.27. The number of esters is 3. The van der Waals surface area contributed by atoms with Crippen molar-refractivity contribution in [2.24, 2.45) is 0 Å². The minimum absolute atomic E-state index is 0.0804. The highest BCUT2D eigenvalue weighted by Gasteiger charge is 2.42. The highest BCUT2D eigenvalue weighted by molar-refractivity contribution is 6.00. The Hall–Kier alpha value is -3.71. The number of hydrogen-bond donors (Lipinski definition) is 0. The number of carbonyl (C=O) groups is 3. The van der Waals surface area contributed by atoms with Gasteiger partial charge in [0.25, 0.3) is 0 Å². The maximum absolute atomic E-state index is 13.0. The van der Waals surface area contributed by atoms with E-state index >= 15 is 0 Å². The summed E-state index contributed by atoms with van der Waals surface area (Å²) in [6.07, 6.45) is -7.44. The van der Waals surface area contributed by atoms with Crippen LogP contribution in [-0.4, -0.2) is 47.7 Å². The minimum atomic E-state index is -4.75. The maximum Gasteiger partial charge on any atom is 0.418 e. The Morgan fingerprint density at radius 2 is 1.22 bits per heavy atom. The van der Waals surface area contributed by atoms with Crippen LogP contribution in [0.2, 0.25) is 0 Å². The molecule has 0 aliphatic heterocycles. The first-order valence-corrected chi connectivity index (χ1v) is 10.8. The van der Waals surface area contributed by atoms with Gasteiger partial charge in [0.2, 0.25) is 0 Å². The molecule has 0 aliphatic rings. The van der Waals surface area contributed by atoms with E-state index in [2.05, 4.69) is 24.2 Å². The number of nitrogens with zero attached hydrogens (tertiary/aromatic N) is 2. The van der Waals surface area contributed by atoms with E-state index < -0.39 is 59.4 Å². The van der Waals surface area contributed by atoms with E-state index in [0.717, 1.165) is 24.4 Å². The van der Waals surface area contributed by atoms with Crippen LogP contribution in [0.3, 0.4) is 0 Å². The predicted octanol–water partition coefficient (Wildman–Crippen LogP) is 4.52. The van der Waals surface area contributed by atoms with E-state index in [9.17, 15) is 40.7 Å². The van der Waals surface area contributed by atoms with E-state index in [4.69, 9.17) is 0 Å². The summed E-state index contributed by atoms with van der Waals surface area (Å²) in [6.45, 7) is 4.51. The Balaban J connectivity index is 0.000000384. The Labute approximate surface area is 207 Å². The molecule has 37 heavy (non-hydrogen) atoms. The first-order chi connectivity index (χ1) is 17.3. The van der Waals surface area contributed by atoms with E-state index in [1.807, 2.05) is 0 Å². The molecule has 0 N–H and O–H groups in total. The average Bonchev–Trinajstić information content (AvgIpc) is 2.79. The summed E-state index contributed by atoms with van der Waals surface area (Å²) in [6, 6.07) is 3.88. The minimum Gasteiger partial charge on any atom is -0.466 e. The van der Waals surface area contributed by atoms with Crippen molar-refractivity contribution in [2.45, 2.75) is 45.5 Å². The van der Waals surface area contributed by atoms with Gasteiger partial charge in [0.15, 0.2) is 5.92 Å². The lowest BCUT2D eigenvalue weighted by Gasteiger charge is -2.18. The van der Waals surface area contributed by atoms with Crippen molar-refractivity contribution in [3.05, 3.63) is 59.2 Å². The predicted molar refractivity (Wildman–Crippen MR) is 115 cm³/mol. The fourth-order valence-corrected chi connectivity index (χ4v) is 2.84. The molecule has 0 bridgehead atoms. The fourth-order valence-electron chi connectivity index (χ4n) is 2.84. The van der Waals surface area contributed by atoms with Crippen LogP contribution in [0.4, 0.5) is 26.3 Å². The van der Waals surface area contributed by atoms with Crippen molar-refractivity contribution in [1.29, 1.82) is 0 Å². The molecule has 0 spiro atoms. The number of aromatic nitrogens is 2. The van der Waals surface area contributed by atoms with Crippen molar-refractivity contribution < 1.29 is 54.9 Å². The van der Waals surface area contributed by atoms with Gasteiger partial charge in [0.05, 0.1) is 48.8 Å². The molecule has 0 unspecified atom stereocenters. The van der Waals surface area contributed by atoms with Crippen LogP contribution in [0.25, 0.3) is 0 Å². The van der Waals surface area contributed by atoms with Gasteiger partial charge in [-0.05, 0) is 45.0 Å². The summed E-state index contributed by atoms with van der Waals surface area (Å²) in [7, 11) is 0. The van der Waals surface area contributed by atoms with Crippen LogP contribution in [0, 0.1) is 0 Å². The number of rotatable bonds is 8. The number of hydrogen-bond acceptors (Lipinski definition) is 8. The topological polar surface area (TPSA) is 105 Å². The summed E-state index contributed by atoms with van der Waals surface area (Å²) in [5.74, 6) is -4.82. The quantitative estimate of drug-likeness (QED) is 0.209. The molecule has 0 amide bonds. The first kappa shape index (κ1) is 31.3. The van der Waals surface area contributed by atoms with E-state index in [1.165, 1.54) is 26.1 Å². The molecule has 0 fully saturated rings. The zero-order chi connectivity index (χ0) is 28.2. The largest absolute Gasteiger partial charge is 0.466 e. The molecule has 204 valence electrons. The molecule has 2 heterocycles. The first-order valence-electron chi connectivity index (χ1n) is 10.8. The van der Waals surface area contributed by atoms with Crippen LogP contribution in [0.1, 0.15) is 49.2 Å². The molecule has 2 aromatic heterocycles. The average molecular weight is 538 g/mol. The van der Waals surface area contributed by atoms with Crippen molar-refractivity contribution in [3.8, 4) is 0 Å². The number of halogens is 6. The molecule has 0 radical (unpaired) electrons. The molecule has 0 aromatic carbocycles. The summed E-state index contributed by atoms with van der Waals surface area (Å²) in [4.78, 5) is 41.8. The second-order valence-electron chi connectivity index (χ2n) is 6.85. The van der Waals surface area contributed by atoms with Crippen LogP contribution in [0.5, 0.6) is 0 Å². The van der Waals surface area contributed by atoms with Crippen molar-refractivity contribution in [1.82, 2.24) is 9.97 Å². The van der Waals surface area contributed by atoms with Gasteiger partial charge < -0.3 is 14.2 Å². The second-order valence-corrected chi connectivity index (χ2v) is 6.85. The highest BCUT2D eigenvalue weighted by Crippen LogP contribution is 2.35. The standard InChI is InChI=1S/C13H14F3NO4.C10H10F3NO2/c1-3-20-11(18)9(12(19)21-4-2)10-8(13(14,15)16)6-5-7-17-10;1-2-16-9(15)6-8-7(10(11,12)13)4-3-5-14-8/h5-7,9H,3-4H2,1-2H3;3-5H,2,6H2,1H3. The monoisotopic (exact) mass is 538 g/mol. The number of ether oxygens (including phenoxy) is 3. The third kappa shape index (κ3) is 9.69. The van der Waals surface area contributed by atoms with Gasteiger partial charge in [-0.3, -0.25) is 24.4 Å². The number of pyridine rings is 2. The number of carbonyl (C=O) groups excluding carboxylic acids is 3. The van der Waals surface area contributed by atoms with Gasteiger partial charge in [-0.2, -0.15) is 26.3 Å². The van der Waals surface area contributed by atoms with Gasteiger partial charge in [-0.25, -0.2) is 0 Å². The zero-order valence-electron chi connectivity index (χ0n) is 20.0. The Morgan fingerprint density at radius 3 is 1.68 bits per heavy atom. The van der Waals surface area contributed by atoms with Gasteiger partial charge >= 0.3 is 30.3 Å². The van der Waals surface area contributed by atoms with Crippen molar-refractivity contribution in [2.75, 3.05) is 19.8 Å². The Kier molecular flexibility index (Phi) is 12.0. The molecule has 8 nitrogen and oxygen atoms in total. The molecule has 0 saturated carbocycles. The molecular weight excluding hydrogens is 514 g/mol. The van der Waals surface area contributed by atoms with Gasteiger partial charge in [-0.15, -0.1) is 0 Å². The van der Waals surface area contributed by atoms with Crippen LogP contribution in [0.15, 0.2) is 36.7 Å². The lowest BCUT2D eigenvalue weighted by atomic mass is 9.99. The van der Waals surface area contributed by atoms with Gasteiger partial charge in [-0.1, -0.05) is 0 Å². The second kappa shape index (κ2) is 14.1. The van der Waals surface area contributed by atoms with Crippen molar-refractivity contribution >= 4 is 17.9 Å². The SMILES string of the molecule is CCOC(=O)C(C(=O)OCC)c1ncccc1C(F)(F)F.CCOC(=O)Cc1ncccc1C(F)(F)F. The fraction of sp³-hybridized carbons (Fsp3) is 0.435. The molecule has 0 saturated heterocycles. The van der Waals surface area contributed by atoms with Crippen molar-refractivity contribution in [3.63, 3.8) is 0 Å². The van der Waals surface area contributed by atoms with E-state index in [1.54, 1.807) is 6.92 Å². The van der Waals surface area contributed by atoms with Crippen LogP contribution in [-0.2, 0) is 47.4 Å². The van der Waals surface area contributed by atoms with E-state index in [0.29, 0.717) is 0 Å². The molecular formula is C23H24F6N2O6. The maximum atomic E-state index is 13.0. The molecule has 14 heteroatoms. The van der Waals surface area contributed by atoms with Gasteiger partial charge in [0, 0.05) is 12.4 Å². The number of alkyl halides is 6. The molecule has 0 aliphatic carbocycles. The lowest BCUT2D eigenvalue weighted by molar-refractivity contribution is -0.158. The highest BCUT2D eigenvalue weighted by atomic mass is 19.4. The summed E-state index contributed by atoms with van der Waals surface area (Å²) in [5, 5.41) is 0. The van der Waals surface area contributed by atoms with Crippen LogP contribution >= 0.6 is 0 Å². The Morgan fingerprint density at radius 1 is 0.757 bits per heavy atom.